The predicted molar refractivity (Wildman–Crippen MR) is 124 cm³/mol. The second-order valence-electron chi connectivity index (χ2n) is 7.38. The maximum atomic E-state index is 14.4. The van der Waals surface area contributed by atoms with E-state index in [0.29, 0.717) is 27.8 Å². The van der Waals surface area contributed by atoms with Crippen molar-refractivity contribution in [3.05, 3.63) is 83.3 Å². The van der Waals surface area contributed by atoms with E-state index in [1.54, 1.807) is 24.3 Å². The van der Waals surface area contributed by atoms with Crippen molar-refractivity contribution in [1.29, 1.82) is 0 Å². The summed E-state index contributed by atoms with van der Waals surface area (Å²) in [6.07, 6.45) is 1.43. The van der Waals surface area contributed by atoms with Gasteiger partial charge in [-0.2, -0.15) is 0 Å². The Hall–Kier alpha value is -3.36. The van der Waals surface area contributed by atoms with Gasteiger partial charge >= 0.3 is 5.97 Å². The summed E-state index contributed by atoms with van der Waals surface area (Å²) in [5, 5.41) is 9.90. The van der Waals surface area contributed by atoms with E-state index in [2.05, 4.69) is 0 Å². The molecule has 1 aromatic heterocycles. The number of rotatable bonds is 7. The Kier molecular flexibility index (Phi) is 6.14. The van der Waals surface area contributed by atoms with Crippen LogP contribution in [0.4, 0.5) is 4.39 Å². The van der Waals surface area contributed by atoms with E-state index in [0.717, 1.165) is 3.97 Å². The predicted octanol–water partition coefficient (Wildman–Crippen LogP) is 5.36. The molecule has 4 aromatic rings. The molecule has 170 valence electrons. The van der Waals surface area contributed by atoms with Crippen LogP contribution in [0.25, 0.3) is 22.0 Å². The number of hydrogen-bond acceptors (Lipinski definition) is 4. The summed E-state index contributed by atoms with van der Waals surface area (Å²) in [6, 6.07) is 15.1. The normalized spacial score (nSPS) is 11.6. The Labute approximate surface area is 194 Å². The third-order valence-electron chi connectivity index (χ3n) is 5.30. The molecule has 0 radical (unpaired) electrons. The minimum atomic E-state index is -4.07. The number of carboxylic acid groups (broad SMARTS) is 1. The summed E-state index contributed by atoms with van der Waals surface area (Å²) in [5.74, 6) is -1.03. The Bertz CT molecular complexity index is 1480. The van der Waals surface area contributed by atoms with Crippen LogP contribution < -0.4 is 4.74 Å². The highest BCUT2D eigenvalue weighted by Gasteiger charge is 2.23. The zero-order valence-electron chi connectivity index (χ0n) is 17.5. The number of fused-ring (bicyclic) bond motifs is 1. The number of hydrogen-bond donors (Lipinski definition) is 1. The minimum absolute atomic E-state index is 0.0353. The number of ether oxygens (including phenoxy) is 1. The van der Waals surface area contributed by atoms with Gasteiger partial charge in [-0.05, 0) is 66.1 Å². The third-order valence-corrected chi connectivity index (χ3v) is 7.21. The summed E-state index contributed by atoms with van der Waals surface area (Å²) in [4.78, 5) is 11.1. The Balaban J connectivity index is 1.85. The summed E-state index contributed by atoms with van der Waals surface area (Å²) in [5.41, 5.74) is 1.56. The monoisotopic (exact) mass is 487 g/mol. The highest BCUT2D eigenvalue weighted by molar-refractivity contribution is 7.90. The van der Waals surface area contributed by atoms with Crippen LogP contribution in [0.3, 0.4) is 0 Å². The average molecular weight is 488 g/mol. The zero-order chi connectivity index (χ0) is 23.8. The molecular weight excluding hydrogens is 469 g/mol. The number of nitrogens with zero attached hydrogens (tertiary/aromatic N) is 1. The number of carbonyl (C=O) groups is 1. The van der Waals surface area contributed by atoms with Crippen LogP contribution in [0.2, 0.25) is 5.02 Å². The van der Waals surface area contributed by atoms with Crippen LogP contribution >= 0.6 is 11.6 Å². The van der Waals surface area contributed by atoms with E-state index in [9.17, 15) is 17.6 Å². The Morgan fingerprint density at radius 3 is 2.61 bits per heavy atom. The molecular formula is C24H19ClFNO5S. The summed E-state index contributed by atoms with van der Waals surface area (Å²) >= 11 is 5.83. The van der Waals surface area contributed by atoms with Crippen LogP contribution in [-0.4, -0.2) is 30.6 Å². The lowest BCUT2D eigenvalue weighted by Gasteiger charge is -2.10. The summed E-state index contributed by atoms with van der Waals surface area (Å²) in [7, 11) is -2.58. The van der Waals surface area contributed by atoms with Crippen molar-refractivity contribution in [2.75, 3.05) is 7.11 Å². The molecule has 3 aromatic carbocycles. The van der Waals surface area contributed by atoms with Crippen LogP contribution in [0.1, 0.15) is 12.0 Å². The highest BCUT2D eigenvalue weighted by Crippen LogP contribution is 2.32. The fraction of sp³-hybridized carbons (Fsp3) is 0.125. The average Bonchev–Trinajstić information content (AvgIpc) is 3.16. The first-order valence-electron chi connectivity index (χ1n) is 9.91. The molecule has 0 saturated carbocycles. The second-order valence-corrected chi connectivity index (χ2v) is 9.64. The van der Waals surface area contributed by atoms with Crippen LogP contribution in [0.5, 0.6) is 5.75 Å². The van der Waals surface area contributed by atoms with Crippen LogP contribution in [-0.2, 0) is 21.2 Å². The van der Waals surface area contributed by atoms with Gasteiger partial charge < -0.3 is 9.84 Å². The van der Waals surface area contributed by atoms with Crippen molar-refractivity contribution in [2.45, 2.75) is 17.7 Å². The van der Waals surface area contributed by atoms with E-state index in [1.807, 2.05) is 0 Å². The Morgan fingerprint density at radius 2 is 1.91 bits per heavy atom. The van der Waals surface area contributed by atoms with Crippen molar-refractivity contribution in [3.8, 4) is 16.9 Å². The molecule has 1 N–H and O–H groups in total. The molecule has 9 heteroatoms. The van der Waals surface area contributed by atoms with Crippen molar-refractivity contribution < 1.29 is 27.4 Å². The first-order chi connectivity index (χ1) is 15.7. The molecule has 0 fully saturated rings. The largest absolute Gasteiger partial charge is 0.497 e. The molecule has 0 spiro atoms. The number of halogens is 2. The molecule has 0 aliphatic rings. The molecule has 0 saturated heterocycles. The molecule has 0 aliphatic carbocycles. The van der Waals surface area contributed by atoms with Gasteiger partial charge in [-0.1, -0.05) is 23.7 Å². The zero-order valence-corrected chi connectivity index (χ0v) is 19.0. The van der Waals surface area contributed by atoms with E-state index < -0.39 is 21.8 Å². The fourth-order valence-corrected chi connectivity index (χ4v) is 5.27. The first-order valence-corrected chi connectivity index (χ1v) is 11.7. The molecule has 0 bridgehead atoms. The molecule has 0 aliphatic heterocycles. The van der Waals surface area contributed by atoms with Gasteiger partial charge in [0.2, 0.25) is 0 Å². The van der Waals surface area contributed by atoms with E-state index >= 15 is 0 Å². The minimum Gasteiger partial charge on any atom is -0.497 e. The second kappa shape index (κ2) is 8.88. The smallest absolute Gasteiger partial charge is 0.303 e. The van der Waals surface area contributed by atoms with Crippen LogP contribution in [0.15, 0.2) is 71.8 Å². The van der Waals surface area contributed by atoms with E-state index in [4.69, 9.17) is 21.4 Å². The third kappa shape index (κ3) is 4.44. The van der Waals surface area contributed by atoms with Gasteiger partial charge in [0.05, 0.1) is 17.5 Å². The lowest BCUT2D eigenvalue weighted by Crippen LogP contribution is -2.12. The van der Waals surface area contributed by atoms with E-state index in [1.165, 1.54) is 49.7 Å². The van der Waals surface area contributed by atoms with Gasteiger partial charge in [-0.25, -0.2) is 16.8 Å². The first kappa shape index (κ1) is 22.8. The lowest BCUT2D eigenvalue weighted by molar-refractivity contribution is -0.136. The fourth-order valence-electron chi connectivity index (χ4n) is 3.67. The number of benzene rings is 3. The molecule has 0 amide bonds. The van der Waals surface area contributed by atoms with Gasteiger partial charge in [0, 0.05) is 28.6 Å². The van der Waals surface area contributed by atoms with Crippen molar-refractivity contribution in [2.24, 2.45) is 0 Å². The molecule has 0 unspecified atom stereocenters. The number of carboxylic acids is 1. The van der Waals surface area contributed by atoms with Crippen molar-refractivity contribution in [1.82, 2.24) is 3.97 Å². The summed E-state index contributed by atoms with van der Waals surface area (Å²) < 4.78 is 47.9. The highest BCUT2D eigenvalue weighted by atomic mass is 35.5. The maximum Gasteiger partial charge on any atom is 0.303 e. The molecule has 1 heterocycles. The van der Waals surface area contributed by atoms with Crippen molar-refractivity contribution >= 4 is 38.5 Å². The van der Waals surface area contributed by atoms with Gasteiger partial charge in [0.25, 0.3) is 10.0 Å². The molecule has 33 heavy (non-hydrogen) atoms. The molecule has 4 rings (SSSR count). The lowest BCUT2D eigenvalue weighted by atomic mass is 10.1. The van der Waals surface area contributed by atoms with Gasteiger partial charge in [0.15, 0.2) is 0 Å². The van der Waals surface area contributed by atoms with Gasteiger partial charge in [-0.3, -0.25) is 4.79 Å². The standard InChI is InChI=1S/C24H19ClFNO5S/c1-32-18-7-9-23-21(13-18)16(5-10-24(28)29)14-27(23)33(30,31)19-4-2-3-15(11-19)20-8-6-17(25)12-22(20)26/h2-4,6-9,11-14H,5,10H2,1H3,(H,28,29). The maximum absolute atomic E-state index is 14.4. The number of aryl methyl sites for hydroxylation is 1. The summed E-state index contributed by atoms with van der Waals surface area (Å²) in [6.45, 7) is 0. The van der Waals surface area contributed by atoms with Gasteiger partial charge in [-0.15, -0.1) is 0 Å². The number of methoxy groups -OCH3 is 1. The van der Waals surface area contributed by atoms with Gasteiger partial charge in [0.1, 0.15) is 11.6 Å². The SMILES string of the molecule is COc1ccc2c(c1)c(CCC(=O)O)cn2S(=O)(=O)c1cccc(-c2ccc(Cl)cc2F)c1. The molecule has 0 atom stereocenters. The number of aliphatic carboxylic acids is 1. The van der Waals surface area contributed by atoms with Crippen LogP contribution in [0, 0.1) is 5.82 Å². The Morgan fingerprint density at radius 1 is 1.12 bits per heavy atom. The topological polar surface area (TPSA) is 85.6 Å². The number of aromatic nitrogens is 1. The molecule has 6 nitrogen and oxygen atoms in total. The quantitative estimate of drug-likeness (QED) is 0.379. The van der Waals surface area contributed by atoms with Crippen molar-refractivity contribution in [3.63, 3.8) is 0 Å². The van der Waals surface area contributed by atoms with E-state index in [-0.39, 0.29) is 28.3 Å².